The second-order valence-electron chi connectivity index (χ2n) is 4.81. The van der Waals surface area contributed by atoms with E-state index in [4.69, 9.17) is 0 Å². The van der Waals surface area contributed by atoms with Gasteiger partial charge in [0.1, 0.15) is 0 Å². The molecule has 0 bridgehead atoms. The van der Waals surface area contributed by atoms with Gasteiger partial charge in [-0.25, -0.2) is 0 Å². The molecule has 0 radical (unpaired) electrons. The molecule has 4 heteroatoms. The fourth-order valence-electron chi connectivity index (χ4n) is 2.19. The second kappa shape index (κ2) is 7.46. The van der Waals surface area contributed by atoms with Crippen molar-refractivity contribution < 1.29 is 4.79 Å². The molecular weight excluding hydrogens is 304 g/mol. The Balaban J connectivity index is 1.70. The molecule has 1 unspecified atom stereocenters. The summed E-state index contributed by atoms with van der Waals surface area (Å²) in [4.78, 5) is 11.8. The summed E-state index contributed by atoms with van der Waals surface area (Å²) in [7, 11) is 0. The van der Waals surface area contributed by atoms with E-state index in [-0.39, 0.29) is 5.91 Å². The van der Waals surface area contributed by atoms with Gasteiger partial charge in [-0.05, 0) is 59.8 Å². The van der Waals surface area contributed by atoms with Crippen molar-refractivity contribution in [2.24, 2.45) is 5.92 Å². The van der Waals surface area contributed by atoms with Crippen molar-refractivity contribution in [1.82, 2.24) is 5.32 Å². The molecule has 0 spiro atoms. The van der Waals surface area contributed by atoms with Gasteiger partial charge < -0.3 is 10.6 Å². The van der Waals surface area contributed by atoms with Crippen LogP contribution in [0.4, 0.5) is 5.69 Å². The van der Waals surface area contributed by atoms with Crippen molar-refractivity contribution in [3.8, 4) is 0 Å². The van der Waals surface area contributed by atoms with Crippen LogP contribution in [-0.4, -0.2) is 19.0 Å². The van der Waals surface area contributed by atoms with Crippen molar-refractivity contribution in [2.75, 3.05) is 18.4 Å². The van der Waals surface area contributed by atoms with Crippen LogP contribution in [0.5, 0.6) is 0 Å². The van der Waals surface area contributed by atoms with Crippen LogP contribution in [0, 0.1) is 5.92 Å². The molecule has 3 nitrogen and oxygen atoms in total. The lowest BCUT2D eigenvalue weighted by molar-refractivity contribution is -0.115. The Morgan fingerprint density at radius 1 is 1.32 bits per heavy atom. The first-order valence-corrected chi connectivity index (χ1v) is 7.45. The predicted octanol–water partition coefficient (Wildman–Crippen LogP) is 3.33. The molecule has 1 atom stereocenters. The maximum absolute atomic E-state index is 11.8. The third-order valence-electron chi connectivity index (χ3n) is 3.24. The van der Waals surface area contributed by atoms with Crippen molar-refractivity contribution in [1.29, 1.82) is 0 Å². The zero-order valence-corrected chi connectivity index (χ0v) is 12.4. The summed E-state index contributed by atoms with van der Waals surface area (Å²) >= 11 is 3.41. The zero-order valence-electron chi connectivity index (χ0n) is 10.9. The van der Waals surface area contributed by atoms with Gasteiger partial charge in [-0.3, -0.25) is 4.79 Å². The second-order valence-corrected chi connectivity index (χ2v) is 5.66. The van der Waals surface area contributed by atoms with E-state index < -0.39 is 0 Å². The van der Waals surface area contributed by atoms with Gasteiger partial charge in [0.2, 0.25) is 5.91 Å². The van der Waals surface area contributed by atoms with Gasteiger partial charge in [-0.1, -0.05) is 24.3 Å². The molecule has 1 aromatic rings. The predicted molar refractivity (Wildman–Crippen MR) is 82.1 cm³/mol. The summed E-state index contributed by atoms with van der Waals surface area (Å²) < 4.78 is 0.903. The molecule has 1 aromatic carbocycles. The molecule has 1 aliphatic rings. The highest BCUT2D eigenvalue weighted by Crippen LogP contribution is 2.21. The Kier molecular flexibility index (Phi) is 5.61. The van der Waals surface area contributed by atoms with Crippen LogP contribution in [0.25, 0.3) is 0 Å². The molecule has 1 amide bonds. The smallest absolute Gasteiger partial charge is 0.238 e. The van der Waals surface area contributed by atoms with E-state index in [1.165, 1.54) is 6.42 Å². The third kappa shape index (κ3) is 4.80. The number of halogens is 1. The number of hydrogen-bond donors (Lipinski definition) is 2. The number of anilines is 1. The quantitative estimate of drug-likeness (QED) is 0.816. The Bertz CT molecular complexity index is 459. The molecule has 0 heterocycles. The Hall–Kier alpha value is -1.13. The fourth-order valence-corrected chi connectivity index (χ4v) is 2.57. The minimum atomic E-state index is -0.00162. The van der Waals surface area contributed by atoms with Gasteiger partial charge in [0.25, 0.3) is 0 Å². The minimum absolute atomic E-state index is 0.00162. The first kappa shape index (κ1) is 14.3. The van der Waals surface area contributed by atoms with Gasteiger partial charge in [-0.15, -0.1) is 0 Å². The Labute approximate surface area is 122 Å². The lowest BCUT2D eigenvalue weighted by atomic mass is 9.94. The topological polar surface area (TPSA) is 41.1 Å². The maximum Gasteiger partial charge on any atom is 0.238 e. The standard InChI is InChI=1S/C15H19BrN2O/c16-13-8-4-5-9-14(13)18-15(19)11-17-10-12-6-2-1-3-7-12/h1-2,4-5,8-9,12,17H,3,6-7,10-11H2,(H,18,19). The van der Waals surface area contributed by atoms with E-state index in [0.29, 0.717) is 12.5 Å². The first-order chi connectivity index (χ1) is 9.25. The monoisotopic (exact) mass is 322 g/mol. The number of para-hydroxylation sites is 1. The van der Waals surface area contributed by atoms with Crippen LogP contribution in [0.1, 0.15) is 19.3 Å². The van der Waals surface area contributed by atoms with E-state index in [0.717, 1.165) is 29.5 Å². The van der Waals surface area contributed by atoms with Crippen molar-refractivity contribution in [2.45, 2.75) is 19.3 Å². The average Bonchev–Trinajstić information content (AvgIpc) is 2.43. The van der Waals surface area contributed by atoms with Gasteiger partial charge in [0.15, 0.2) is 0 Å². The molecule has 1 aliphatic carbocycles. The Morgan fingerprint density at radius 3 is 2.89 bits per heavy atom. The molecule has 0 fully saturated rings. The summed E-state index contributed by atoms with van der Waals surface area (Å²) in [5, 5.41) is 6.12. The molecule has 2 rings (SSSR count). The molecule has 0 aromatic heterocycles. The van der Waals surface area contributed by atoms with E-state index >= 15 is 0 Å². The molecule has 102 valence electrons. The van der Waals surface area contributed by atoms with Crippen LogP contribution in [0.2, 0.25) is 0 Å². The first-order valence-electron chi connectivity index (χ1n) is 6.66. The highest BCUT2D eigenvalue weighted by atomic mass is 79.9. The van der Waals surface area contributed by atoms with Gasteiger partial charge in [0, 0.05) is 4.47 Å². The number of benzene rings is 1. The van der Waals surface area contributed by atoms with Gasteiger partial charge in [0.05, 0.1) is 12.2 Å². The average molecular weight is 323 g/mol. The summed E-state index contributed by atoms with van der Waals surface area (Å²) in [6.45, 7) is 1.27. The van der Waals surface area contributed by atoms with E-state index in [9.17, 15) is 4.79 Å². The lowest BCUT2D eigenvalue weighted by Crippen LogP contribution is -2.32. The number of nitrogens with one attached hydrogen (secondary N) is 2. The number of rotatable bonds is 5. The van der Waals surface area contributed by atoms with Crippen LogP contribution in [0.15, 0.2) is 40.9 Å². The Morgan fingerprint density at radius 2 is 2.16 bits per heavy atom. The summed E-state index contributed by atoms with van der Waals surface area (Å²) in [5.41, 5.74) is 0.815. The number of hydrogen-bond acceptors (Lipinski definition) is 2. The van der Waals surface area contributed by atoms with Crippen LogP contribution >= 0.6 is 15.9 Å². The van der Waals surface area contributed by atoms with E-state index in [1.807, 2.05) is 24.3 Å². The van der Waals surface area contributed by atoms with Crippen LogP contribution < -0.4 is 10.6 Å². The highest BCUT2D eigenvalue weighted by molar-refractivity contribution is 9.10. The number of carbonyl (C=O) groups excluding carboxylic acids is 1. The lowest BCUT2D eigenvalue weighted by Gasteiger charge is -2.18. The van der Waals surface area contributed by atoms with Crippen molar-refractivity contribution in [3.63, 3.8) is 0 Å². The molecule has 19 heavy (non-hydrogen) atoms. The number of carbonyl (C=O) groups is 1. The normalized spacial score (nSPS) is 18.3. The molecular formula is C15H19BrN2O. The van der Waals surface area contributed by atoms with Gasteiger partial charge in [-0.2, -0.15) is 0 Å². The number of allylic oxidation sites excluding steroid dienone is 2. The van der Waals surface area contributed by atoms with E-state index in [2.05, 4.69) is 38.7 Å². The molecule has 2 N–H and O–H groups in total. The highest BCUT2D eigenvalue weighted by Gasteiger charge is 2.10. The third-order valence-corrected chi connectivity index (χ3v) is 3.94. The van der Waals surface area contributed by atoms with Crippen LogP contribution in [0.3, 0.4) is 0 Å². The summed E-state index contributed by atoms with van der Waals surface area (Å²) in [6, 6.07) is 7.63. The SMILES string of the molecule is O=C(CNCC1CC=CCC1)Nc1ccccc1Br. The van der Waals surface area contributed by atoms with Crippen LogP contribution in [-0.2, 0) is 4.79 Å². The van der Waals surface area contributed by atoms with Gasteiger partial charge >= 0.3 is 0 Å². The molecule has 0 saturated heterocycles. The largest absolute Gasteiger partial charge is 0.324 e. The van der Waals surface area contributed by atoms with Crippen molar-refractivity contribution >= 4 is 27.5 Å². The summed E-state index contributed by atoms with van der Waals surface area (Å²) in [6.07, 6.45) is 7.97. The molecule has 0 aliphatic heterocycles. The fraction of sp³-hybridized carbons (Fsp3) is 0.400. The number of amides is 1. The van der Waals surface area contributed by atoms with Crippen molar-refractivity contribution in [3.05, 3.63) is 40.9 Å². The zero-order chi connectivity index (χ0) is 13.5. The minimum Gasteiger partial charge on any atom is -0.324 e. The van der Waals surface area contributed by atoms with E-state index in [1.54, 1.807) is 0 Å². The maximum atomic E-state index is 11.8. The molecule has 0 saturated carbocycles. The summed E-state index contributed by atoms with van der Waals surface area (Å²) in [5.74, 6) is 0.666.